The van der Waals surface area contributed by atoms with Gasteiger partial charge >= 0.3 is 0 Å². The second kappa shape index (κ2) is 9.52. The molecule has 0 aliphatic carbocycles. The number of hydrogen-bond donors (Lipinski definition) is 1. The number of para-hydroxylation sites is 1. The van der Waals surface area contributed by atoms with E-state index in [2.05, 4.69) is 5.32 Å². The smallest absolute Gasteiger partial charge is 0.264 e. The summed E-state index contributed by atoms with van der Waals surface area (Å²) in [5.74, 6) is 0.0726. The van der Waals surface area contributed by atoms with Crippen molar-refractivity contribution in [2.24, 2.45) is 0 Å². The Kier molecular flexibility index (Phi) is 6.26. The van der Waals surface area contributed by atoms with Crippen molar-refractivity contribution in [3.05, 3.63) is 53.1 Å². The third-order valence-corrected chi connectivity index (χ3v) is 6.94. The van der Waals surface area contributed by atoms with Crippen LogP contribution in [-0.2, 0) is 9.59 Å². The molecule has 0 spiro atoms. The predicted molar refractivity (Wildman–Crippen MR) is 130 cm³/mol. The summed E-state index contributed by atoms with van der Waals surface area (Å²) in [6, 6.07) is 10.4. The van der Waals surface area contributed by atoms with E-state index in [9.17, 15) is 19.2 Å². The molecule has 0 aromatic heterocycles. The van der Waals surface area contributed by atoms with Crippen LogP contribution < -0.4 is 19.7 Å². The number of anilines is 1. The fourth-order valence-electron chi connectivity index (χ4n) is 5.23. The highest BCUT2D eigenvalue weighted by atomic mass is 16.5. The van der Waals surface area contributed by atoms with Crippen LogP contribution in [0.15, 0.2) is 36.4 Å². The van der Waals surface area contributed by atoms with Crippen molar-refractivity contribution >= 4 is 29.3 Å². The molecule has 2 aromatic rings. The van der Waals surface area contributed by atoms with Crippen molar-refractivity contribution in [2.75, 3.05) is 45.3 Å². The number of amides is 4. The van der Waals surface area contributed by atoms with Crippen LogP contribution in [0.4, 0.5) is 5.69 Å². The summed E-state index contributed by atoms with van der Waals surface area (Å²) in [6.45, 7) is 1.66. The molecule has 10 heteroatoms. The van der Waals surface area contributed by atoms with E-state index in [1.807, 2.05) is 0 Å². The molecule has 0 radical (unpaired) electrons. The SMILES string of the molecule is COc1ccc2c(c1OC)C(=O)N1c3ccccc3C(=O)N(CCC(=O)NCCN3CCCC3=O)[C@@H]21. The number of fused-ring (bicyclic) bond motifs is 5. The summed E-state index contributed by atoms with van der Waals surface area (Å²) in [7, 11) is 2.97. The molecule has 10 nitrogen and oxygen atoms in total. The van der Waals surface area contributed by atoms with Crippen molar-refractivity contribution in [1.29, 1.82) is 0 Å². The summed E-state index contributed by atoms with van der Waals surface area (Å²) in [6.07, 6.45) is 0.759. The number of benzene rings is 2. The first-order valence-corrected chi connectivity index (χ1v) is 12.0. The Morgan fingerprint density at radius 3 is 2.56 bits per heavy atom. The van der Waals surface area contributed by atoms with E-state index in [1.54, 1.807) is 51.1 Å². The van der Waals surface area contributed by atoms with Gasteiger partial charge in [0.2, 0.25) is 11.8 Å². The molecule has 3 heterocycles. The Balaban J connectivity index is 1.39. The average Bonchev–Trinajstić information content (AvgIpc) is 3.43. The molecule has 36 heavy (non-hydrogen) atoms. The van der Waals surface area contributed by atoms with Gasteiger partial charge in [-0.1, -0.05) is 18.2 Å². The molecule has 1 fully saturated rings. The maximum Gasteiger partial charge on any atom is 0.264 e. The number of nitrogens with one attached hydrogen (secondary N) is 1. The summed E-state index contributed by atoms with van der Waals surface area (Å²) in [5.41, 5.74) is 1.88. The van der Waals surface area contributed by atoms with Gasteiger partial charge in [0.15, 0.2) is 11.5 Å². The van der Waals surface area contributed by atoms with E-state index < -0.39 is 6.17 Å². The first-order chi connectivity index (χ1) is 17.5. The van der Waals surface area contributed by atoms with Crippen molar-refractivity contribution < 1.29 is 28.7 Å². The molecule has 2 aromatic carbocycles. The zero-order chi connectivity index (χ0) is 25.4. The number of nitrogens with zero attached hydrogens (tertiary/aromatic N) is 3. The summed E-state index contributed by atoms with van der Waals surface area (Å²) in [4.78, 5) is 56.5. The first-order valence-electron chi connectivity index (χ1n) is 12.0. The Morgan fingerprint density at radius 1 is 1.03 bits per heavy atom. The molecule has 188 valence electrons. The van der Waals surface area contributed by atoms with Gasteiger partial charge < -0.3 is 24.6 Å². The van der Waals surface area contributed by atoms with Crippen molar-refractivity contribution in [3.8, 4) is 11.5 Å². The number of ether oxygens (including phenoxy) is 2. The van der Waals surface area contributed by atoms with Gasteiger partial charge in [-0.3, -0.25) is 24.1 Å². The quantitative estimate of drug-likeness (QED) is 0.604. The monoisotopic (exact) mass is 492 g/mol. The van der Waals surface area contributed by atoms with E-state index >= 15 is 0 Å². The van der Waals surface area contributed by atoms with Crippen LogP contribution in [0.1, 0.15) is 51.7 Å². The Hall–Kier alpha value is -4.08. The van der Waals surface area contributed by atoms with Crippen molar-refractivity contribution in [1.82, 2.24) is 15.1 Å². The molecule has 4 amide bonds. The zero-order valence-electron chi connectivity index (χ0n) is 20.3. The predicted octanol–water partition coefficient (Wildman–Crippen LogP) is 1.95. The highest BCUT2D eigenvalue weighted by Crippen LogP contribution is 2.49. The lowest BCUT2D eigenvalue weighted by Crippen LogP contribution is -2.49. The van der Waals surface area contributed by atoms with Gasteiger partial charge in [0.25, 0.3) is 11.8 Å². The average molecular weight is 493 g/mol. The highest BCUT2D eigenvalue weighted by molar-refractivity contribution is 6.18. The molecule has 3 aliphatic heterocycles. The van der Waals surface area contributed by atoms with Crippen LogP contribution in [0.2, 0.25) is 0 Å². The van der Waals surface area contributed by atoms with Crippen LogP contribution in [0.25, 0.3) is 0 Å². The minimum absolute atomic E-state index is 0.0585. The van der Waals surface area contributed by atoms with E-state index in [0.29, 0.717) is 53.4 Å². The van der Waals surface area contributed by atoms with Gasteiger partial charge in [-0.2, -0.15) is 0 Å². The number of rotatable bonds is 8. The molecule has 0 bridgehead atoms. The first kappa shape index (κ1) is 23.7. The number of methoxy groups -OCH3 is 2. The largest absolute Gasteiger partial charge is 0.493 e. The van der Waals surface area contributed by atoms with E-state index in [-0.39, 0.29) is 36.6 Å². The molecular formula is C26H28N4O6. The minimum Gasteiger partial charge on any atom is -0.493 e. The third kappa shape index (κ3) is 3.82. The maximum absolute atomic E-state index is 13.7. The van der Waals surface area contributed by atoms with Crippen LogP contribution >= 0.6 is 0 Å². The lowest BCUT2D eigenvalue weighted by atomic mass is 10.0. The van der Waals surface area contributed by atoms with Gasteiger partial charge in [0.1, 0.15) is 6.17 Å². The summed E-state index contributed by atoms with van der Waals surface area (Å²) in [5, 5.41) is 2.84. The van der Waals surface area contributed by atoms with Gasteiger partial charge in [0.05, 0.1) is 31.0 Å². The molecule has 5 rings (SSSR count). The fourth-order valence-corrected chi connectivity index (χ4v) is 5.23. The van der Waals surface area contributed by atoms with Gasteiger partial charge in [-0.25, -0.2) is 0 Å². The minimum atomic E-state index is -0.704. The Bertz CT molecular complexity index is 1240. The maximum atomic E-state index is 13.7. The Labute approximate surface area is 208 Å². The standard InChI is InChI=1S/C26H28N4O6/c1-35-19-10-9-17-22(23(19)36-2)26(34)30-18-7-4-3-6-16(18)25(33)29(24(17)30)14-11-20(31)27-12-15-28-13-5-8-21(28)32/h3-4,6-7,9-10,24H,5,8,11-15H2,1-2H3,(H,27,31)/t24-/m1/s1. The Morgan fingerprint density at radius 2 is 1.83 bits per heavy atom. The van der Waals surface area contributed by atoms with E-state index in [1.165, 1.54) is 14.2 Å². The molecule has 0 unspecified atom stereocenters. The fraction of sp³-hybridized carbons (Fsp3) is 0.385. The highest BCUT2D eigenvalue weighted by Gasteiger charge is 2.49. The zero-order valence-corrected chi connectivity index (χ0v) is 20.3. The number of likely N-dealkylation sites (tertiary alicyclic amines) is 1. The third-order valence-electron chi connectivity index (χ3n) is 6.94. The van der Waals surface area contributed by atoms with Crippen LogP contribution in [0, 0.1) is 0 Å². The van der Waals surface area contributed by atoms with E-state index in [0.717, 1.165) is 13.0 Å². The lowest BCUT2D eigenvalue weighted by Gasteiger charge is -2.40. The number of hydrogen-bond acceptors (Lipinski definition) is 6. The van der Waals surface area contributed by atoms with Gasteiger partial charge in [-0.05, 0) is 24.6 Å². The number of carbonyl (C=O) groups excluding carboxylic acids is 4. The molecule has 1 atom stereocenters. The summed E-state index contributed by atoms with van der Waals surface area (Å²) >= 11 is 0. The molecule has 0 saturated carbocycles. The molecule has 1 N–H and O–H groups in total. The topological polar surface area (TPSA) is 108 Å². The normalized spacial score (nSPS) is 18.2. The lowest BCUT2D eigenvalue weighted by molar-refractivity contribution is -0.128. The number of carbonyl (C=O) groups is 4. The second-order valence-corrected chi connectivity index (χ2v) is 8.91. The van der Waals surface area contributed by atoms with Gasteiger partial charge in [0, 0.05) is 44.6 Å². The summed E-state index contributed by atoms with van der Waals surface area (Å²) < 4.78 is 10.9. The molecular weight excluding hydrogens is 464 g/mol. The molecule has 1 saturated heterocycles. The van der Waals surface area contributed by atoms with Crippen LogP contribution in [0.3, 0.4) is 0 Å². The van der Waals surface area contributed by atoms with Crippen molar-refractivity contribution in [3.63, 3.8) is 0 Å². The van der Waals surface area contributed by atoms with Gasteiger partial charge in [-0.15, -0.1) is 0 Å². The van der Waals surface area contributed by atoms with Crippen LogP contribution in [0.5, 0.6) is 11.5 Å². The van der Waals surface area contributed by atoms with Crippen molar-refractivity contribution in [2.45, 2.75) is 25.4 Å². The van der Waals surface area contributed by atoms with Crippen LogP contribution in [-0.4, -0.2) is 73.8 Å². The second-order valence-electron chi connectivity index (χ2n) is 8.91. The molecule has 3 aliphatic rings. The van der Waals surface area contributed by atoms with E-state index in [4.69, 9.17) is 9.47 Å².